The summed E-state index contributed by atoms with van der Waals surface area (Å²) in [5.74, 6) is -4.63. The summed E-state index contributed by atoms with van der Waals surface area (Å²) < 4.78 is 47.1. The molecular formula is C25H33F3N2O9. The number of amides is 2. The predicted molar refractivity (Wildman–Crippen MR) is 131 cm³/mol. The standard InChI is InChI=1S/C23H32N2O7.C2HF3O2/c1-6-14-30-21(28)18(12-13-19(26)31-15-17-10-8-7-9-11-17)25-20(27)16(2)24-22(29)32-23(3,4)5;3-2(4,5)1(6)7/h6-11,16,18H,1,12-15H2,2-5H3,(H,24,29)(H,25,27);(H,6,7)/t16-,18+;/m0./s1. The third-order valence-corrected chi connectivity index (χ3v) is 4.19. The minimum atomic E-state index is -5.08. The SMILES string of the molecule is C=CCOC(=O)[C@@H](CCC(=O)OCc1ccccc1)NC(=O)[C@H](C)NC(=O)OC(C)(C)C.O=C(O)C(F)(F)F. The molecular weight excluding hydrogens is 529 g/mol. The molecule has 3 N–H and O–H groups in total. The maximum atomic E-state index is 12.5. The number of rotatable bonds is 11. The molecule has 0 radical (unpaired) electrons. The second-order valence-electron chi connectivity index (χ2n) is 8.84. The molecule has 11 nitrogen and oxygen atoms in total. The van der Waals surface area contributed by atoms with Crippen molar-refractivity contribution >= 4 is 29.9 Å². The highest BCUT2D eigenvalue weighted by Crippen LogP contribution is 2.13. The topological polar surface area (TPSA) is 157 Å². The molecule has 218 valence electrons. The third kappa shape index (κ3) is 17.1. The Bertz CT molecular complexity index is 977. The van der Waals surface area contributed by atoms with E-state index in [0.29, 0.717) is 0 Å². The van der Waals surface area contributed by atoms with Gasteiger partial charge in [-0.1, -0.05) is 43.0 Å². The van der Waals surface area contributed by atoms with Crippen LogP contribution in [0.4, 0.5) is 18.0 Å². The van der Waals surface area contributed by atoms with E-state index < -0.39 is 53.8 Å². The summed E-state index contributed by atoms with van der Waals surface area (Å²) in [6, 6.07) is 7.07. The summed E-state index contributed by atoms with van der Waals surface area (Å²) >= 11 is 0. The van der Waals surface area contributed by atoms with Gasteiger partial charge in [0.2, 0.25) is 5.91 Å². The molecule has 0 aliphatic carbocycles. The number of carboxylic acids is 1. The van der Waals surface area contributed by atoms with Gasteiger partial charge in [-0.3, -0.25) is 9.59 Å². The fraction of sp³-hybridized carbons (Fsp3) is 0.480. The van der Waals surface area contributed by atoms with Gasteiger partial charge < -0.3 is 30.0 Å². The van der Waals surface area contributed by atoms with E-state index in [-0.39, 0.29) is 26.1 Å². The highest BCUT2D eigenvalue weighted by molar-refractivity contribution is 5.89. The van der Waals surface area contributed by atoms with Crippen molar-refractivity contribution in [3.8, 4) is 0 Å². The largest absolute Gasteiger partial charge is 0.490 e. The molecule has 1 rings (SSSR count). The van der Waals surface area contributed by atoms with E-state index in [9.17, 15) is 32.3 Å². The molecule has 0 bridgehead atoms. The van der Waals surface area contributed by atoms with Crippen molar-refractivity contribution in [2.24, 2.45) is 0 Å². The van der Waals surface area contributed by atoms with Gasteiger partial charge in [0.1, 0.15) is 30.9 Å². The molecule has 0 aliphatic rings. The van der Waals surface area contributed by atoms with Gasteiger partial charge in [0.15, 0.2) is 0 Å². The van der Waals surface area contributed by atoms with Crippen molar-refractivity contribution in [1.82, 2.24) is 10.6 Å². The molecule has 2 amide bonds. The molecule has 0 unspecified atom stereocenters. The fourth-order valence-electron chi connectivity index (χ4n) is 2.41. The summed E-state index contributed by atoms with van der Waals surface area (Å²) in [5, 5.41) is 12.0. The molecule has 1 aromatic carbocycles. The summed E-state index contributed by atoms with van der Waals surface area (Å²) in [4.78, 5) is 57.6. The van der Waals surface area contributed by atoms with Crippen LogP contribution in [0.15, 0.2) is 43.0 Å². The van der Waals surface area contributed by atoms with Gasteiger partial charge in [0, 0.05) is 6.42 Å². The van der Waals surface area contributed by atoms with Crippen LogP contribution in [0.3, 0.4) is 0 Å². The predicted octanol–water partition coefficient (Wildman–Crippen LogP) is 3.27. The van der Waals surface area contributed by atoms with Crippen molar-refractivity contribution in [2.75, 3.05) is 6.61 Å². The van der Waals surface area contributed by atoms with Gasteiger partial charge in [-0.25, -0.2) is 14.4 Å². The Morgan fingerprint density at radius 3 is 2.08 bits per heavy atom. The maximum absolute atomic E-state index is 12.5. The summed E-state index contributed by atoms with van der Waals surface area (Å²) in [7, 11) is 0. The number of carbonyl (C=O) groups is 5. The lowest BCUT2D eigenvalue weighted by Crippen LogP contribution is -2.51. The molecule has 1 aromatic rings. The lowest BCUT2D eigenvalue weighted by atomic mass is 10.1. The van der Waals surface area contributed by atoms with Crippen LogP contribution in [0.2, 0.25) is 0 Å². The van der Waals surface area contributed by atoms with Crippen LogP contribution in [0.5, 0.6) is 0 Å². The van der Waals surface area contributed by atoms with E-state index in [1.165, 1.54) is 13.0 Å². The van der Waals surface area contributed by atoms with Crippen LogP contribution >= 0.6 is 0 Å². The van der Waals surface area contributed by atoms with Crippen molar-refractivity contribution < 1.29 is 56.5 Å². The Balaban J connectivity index is 0.00000181. The minimum absolute atomic E-state index is 0.0332. The molecule has 0 aromatic heterocycles. The summed E-state index contributed by atoms with van der Waals surface area (Å²) in [6.07, 6.45) is -4.61. The second-order valence-corrected chi connectivity index (χ2v) is 8.84. The average Bonchev–Trinajstić information content (AvgIpc) is 2.82. The second kappa shape index (κ2) is 16.7. The number of esters is 2. The number of aliphatic carboxylic acids is 1. The first kappa shape index (κ1) is 34.9. The molecule has 0 saturated carbocycles. The van der Waals surface area contributed by atoms with Crippen LogP contribution in [0.25, 0.3) is 0 Å². The number of nitrogens with one attached hydrogen (secondary N) is 2. The number of carboxylic acid groups (broad SMARTS) is 1. The zero-order chi connectivity index (χ0) is 30.2. The molecule has 0 aliphatic heterocycles. The third-order valence-electron chi connectivity index (χ3n) is 4.19. The molecule has 14 heteroatoms. The highest BCUT2D eigenvalue weighted by atomic mass is 19.4. The number of benzene rings is 1. The van der Waals surface area contributed by atoms with Crippen molar-refractivity contribution in [3.63, 3.8) is 0 Å². The van der Waals surface area contributed by atoms with Crippen LogP contribution in [0.1, 0.15) is 46.1 Å². The number of hydrogen-bond acceptors (Lipinski definition) is 8. The average molecular weight is 563 g/mol. The summed E-state index contributed by atoms with van der Waals surface area (Å²) in [6.45, 7) is 10.1. The van der Waals surface area contributed by atoms with Gasteiger partial charge in [0.05, 0.1) is 0 Å². The van der Waals surface area contributed by atoms with E-state index in [4.69, 9.17) is 24.1 Å². The van der Waals surface area contributed by atoms with Gasteiger partial charge in [-0.2, -0.15) is 13.2 Å². The maximum Gasteiger partial charge on any atom is 0.490 e. The lowest BCUT2D eigenvalue weighted by Gasteiger charge is -2.23. The van der Waals surface area contributed by atoms with E-state index in [1.807, 2.05) is 30.3 Å². The molecule has 39 heavy (non-hydrogen) atoms. The molecule has 0 spiro atoms. The number of alkyl carbamates (subject to hydrolysis) is 1. The Kier molecular flexibility index (Phi) is 14.9. The van der Waals surface area contributed by atoms with E-state index >= 15 is 0 Å². The zero-order valence-corrected chi connectivity index (χ0v) is 22.0. The highest BCUT2D eigenvalue weighted by Gasteiger charge is 2.38. The number of hydrogen-bond donors (Lipinski definition) is 3. The number of alkyl halides is 3. The Morgan fingerprint density at radius 2 is 1.59 bits per heavy atom. The quantitative estimate of drug-likeness (QED) is 0.209. The van der Waals surface area contributed by atoms with Gasteiger partial charge >= 0.3 is 30.2 Å². The Labute approximate surface area is 223 Å². The monoisotopic (exact) mass is 562 g/mol. The van der Waals surface area contributed by atoms with Gasteiger partial charge in [-0.05, 0) is 39.7 Å². The van der Waals surface area contributed by atoms with Gasteiger partial charge in [0.25, 0.3) is 0 Å². The van der Waals surface area contributed by atoms with Crippen LogP contribution in [0, 0.1) is 0 Å². The number of ether oxygens (including phenoxy) is 3. The fourth-order valence-corrected chi connectivity index (χ4v) is 2.41. The zero-order valence-electron chi connectivity index (χ0n) is 22.0. The lowest BCUT2D eigenvalue weighted by molar-refractivity contribution is -0.192. The van der Waals surface area contributed by atoms with Gasteiger partial charge in [-0.15, -0.1) is 0 Å². The molecule has 0 saturated heterocycles. The summed E-state index contributed by atoms with van der Waals surface area (Å²) in [5.41, 5.74) is 0.107. The van der Waals surface area contributed by atoms with Crippen LogP contribution in [-0.4, -0.2) is 65.5 Å². The Hall–Kier alpha value is -4.10. The first-order chi connectivity index (χ1) is 18.0. The van der Waals surface area contributed by atoms with E-state index in [1.54, 1.807) is 20.8 Å². The minimum Gasteiger partial charge on any atom is -0.475 e. The first-order valence-corrected chi connectivity index (χ1v) is 11.5. The molecule has 0 fully saturated rings. The van der Waals surface area contributed by atoms with Crippen LogP contribution in [-0.2, 0) is 40.0 Å². The van der Waals surface area contributed by atoms with Crippen molar-refractivity contribution in [3.05, 3.63) is 48.6 Å². The van der Waals surface area contributed by atoms with Crippen molar-refractivity contribution in [2.45, 2.75) is 71.0 Å². The first-order valence-electron chi connectivity index (χ1n) is 11.5. The molecule has 0 heterocycles. The van der Waals surface area contributed by atoms with Crippen molar-refractivity contribution in [1.29, 1.82) is 0 Å². The smallest absolute Gasteiger partial charge is 0.475 e. The van der Waals surface area contributed by atoms with E-state index in [2.05, 4.69) is 17.2 Å². The Morgan fingerprint density at radius 1 is 1.03 bits per heavy atom. The van der Waals surface area contributed by atoms with Crippen LogP contribution < -0.4 is 10.6 Å². The molecule has 2 atom stereocenters. The normalized spacial score (nSPS) is 12.4. The number of carbonyl (C=O) groups excluding carboxylic acids is 4. The van der Waals surface area contributed by atoms with E-state index in [0.717, 1.165) is 5.56 Å². The number of halogens is 3.